The van der Waals surface area contributed by atoms with Crippen LogP contribution in [0.2, 0.25) is 5.02 Å². The van der Waals surface area contributed by atoms with Crippen molar-refractivity contribution in [2.75, 3.05) is 49.7 Å². The molecule has 1 fully saturated rings. The highest BCUT2D eigenvalue weighted by Gasteiger charge is 2.24. The highest BCUT2D eigenvalue weighted by atomic mass is 35.5. The molecule has 0 atom stereocenters. The molecule has 0 saturated carbocycles. The third kappa shape index (κ3) is 4.09. The van der Waals surface area contributed by atoms with Crippen molar-refractivity contribution >= 4 is 28.9 Å². The van der Waals surface area contributed by atoms with Gasteiger partial charge in [0.2, 0.25) is 6.79 Å². The van der Waals surface area contributed by atoms with Crippen molar-refractivity contribution in [1.29, 1.82) is 0 Å². The maximum Gasteiger partial charge on any atom is 0.279 e. The molecule has 0 aliphatic carbocycles. The largest absolute Gasteiger partial charge is 0.454 e. The molecule has 0 aromatic heterocycles. The minimum absolute atomic E-state index is 0.00233. The molecule has 0 spiro atoms. The van der Waals surface area contributed by atoms with Crippen LogP contribution in [0.4, 0.5) is 15.8 Å². The molecule has 8 heteroatoms. The van der Waals surface area contributed by atoms with Crippen molar-refractivity contribution in [3.05, 3.63) is 47.2 Å². The number of hydrogen-bond donors (Lipinski definition) is 2. The number of benzene rings is 2. The number of halogens is 2. The highest BCUT2D eigenvalue weighted by molar-refractivity contribution is 6.31. The Morgan fingerprint density at radius 3 is 2.70 bits per heavy atom. The van der Waals surface area contributed by atoms with Crippen LogP contribution < -0.4 is 24.6 Å². The fourth-order valence-corrected chi connectivity index (χ4v) is 3.53. The van der Waals surface area contributed by atoms with Crippen LogP contribution in [0.3, 0.4) is 0 Å². The Morgan fingerprint density at radius 2 is 1.93 bits per heavy atom. The van der Waals surface area contributed by atoms with E-state index in [9.17, 15) is 9.18 Å². The van der Waals surface area contributed by atoms with Gasteiger partial charge in [-0.25, -0.2) is 4.39 Å². The van der Waals surface area contributed by atoms with E-state index < -0.39 is 5.82 Å². The van der Waals surface area contributed by atoms with Crippen LogP contribution in [0.25, 0.3) is 0 Å². The fourth-order valence-electron chi connectivity index (χ4n) is 3.35. The average Bonchev–Trinajstić information content (AvgIpc) is 3.13. The van der Waals surface area contributed by atoms with Gasteiger partial charge in [0.25, 0.3) is 5.91 Å². The lowest BCUT2D eigenvalue weighted by atomic mass is 10.2. The SMILES string of the molecule is O=C(C[NH+]1CCN(c2ccc3c(c2)OCO3)CC1)Nc1ccc(F)c(Cl)c1. The van der Waals surface area contributed by atoms with E-state index in [1.54, 1.807) is 0 Å². The molecule has 1 saturated heterocycles. The van der Waals surface area contributed by atoms with Gasteiger partial charge in [-0.2, -0.15) is 0 Å². The van der Waals surface area contributed by atoms with Gasteiger partial charge in [0, 0.05) is 17.4 Å². The molecule has 2 aliphatic heterocycles. The van der Waals surface area contributed by atoms with Gasteiger partial charge in [-0.15, -0.1) is 0 Å². The number of rotatable bonds is 4. The molecule has 4 rings (SSSR count). The van der Waals surface area contributed by atoms with Gasteiger partial charge in [-0.3, -0.25) is 4.79 Å². The number of amides is 1. The smallest absolute Gasteiger partial charge is 0.279 e. The zero-order chi connectivity index (χ0) is 18.8. The van der Waals surface area contributed by atoms with Crippen LogP contribution in [-0.4, -0.2) is 45.4 Å². The normalized spacial score (nSPS) is 16.4. The summed E-state index contributed by atoms with van der Waals surface area (Å²) in [6.45, 7) is 4.04. The van der Waals surface area contributed by atoms with Crippen LogP contribution in [0.5, 0.6) is 11.5 Å². The summed E-state index contributed by atoms with van der Waals surface area (Å²) in [4.78, 5) is 15.7. The van der Waals surface area contributed by atoms with E-state index >= 15 is 0 Å². The number of fused-ring (bicyclic) bond motifs is 1. The van der Waals surface area contributed by atoms with Crippen LogP contribution in [0.1, 0.15) is 0 Å². The van der Waals surface area contributed by atoms with Gasteiger partial charge in [-0.05, 0) is 30.3 Å². The third-order valence-electron chi connectivity index (χ3n) is 4.81. The summed E-state index contributed by atoms with van der Waals surface area (Å²) in [5.41, 5.74) is 1.61. The molecule has 2 aliphatic rings. The van der Waals surface area contributed by atoms with E-state index in [0.29, 0.717) is 12.2 Å². The molecule has 0 bridgehead atoms. The molecular formula is C19H20ClFN3O3+. The van der Waals surface area contributed by atoms with Crippen LogP contribution >= 0.6 is 11.6 Å². The summed E-state index contributed by atoms with van der Waals surface area (Å²) in [6.07, 6.45) is 0. The number of carbonyl (C=O) groups is 1. The molecule has 0 unspecified atom stereocenters. The summed E-state index contributed by atoms with van der Waals surface area (Å²) in [5.74, 6) is 0.948. The molecular weight excluding hydrogens is 373 g/mol. The van der Waals surface area contributed by atoms with Gasteiger partial charge >= 0.3 is 0 Å². The highest BCUT2D eigenvalue weighted by Crippen LogP contribution is 2.35. The maximum absolute atomic E-state index is 13.2. The monoisotopic (exact) mass is 392 g/mol. The summed E-state index contributed by atoms with van der Waals surface area (Å²) >= 11 is 5.74. The van der Waals surface area contributed by atoms with E-state index in [0.717, 1.165) is 43.4 Å². The van der Waals surface area contributed by atoms with Gasteiger partial charge in [0.05, 0.1) is 31.2 Å². The summed E-state index contributed by atoms with van der Waals surface area (Å²) in [6, 6.07) is 10.1. The first-order valence-electron chi connectivity index (χ1n) is 8.81. The topological polar surface area (TPSA) is 55.2 Å². The van der Waals surface area contributed by atoms with Crippen molar-refractivity contribution in [2.24, 2.45) is 0 Å². The summed E-state index contributed by atoms with van der Waals surface area (Å²) < 4.78 is 24.0. The minimum Gasteiger partial charge on any atom is -0.454 e. The number of piperazine rings is 1. The quantitative estimate of drug-likeness (QED) is 0.829. The maximum atomic E-state index is 13.2. The van der Waals surface area contributed by atoms with Crippen LogP contribution in [0.15, 0.2) is 36.4 Å². The predicted octanol–water partition coefficient (Wildman–Crippen LogP) is 1.55. The van der Waals surface area contributed by atoms with Gasteiger partial charge in [0.15, 0.2) is 18.0 Å². The molecule has 2 aromatic carbocycles. The first-order valence-corrected chi connectivity index (χ1v) is 9.19. The van der Waals surface area contributed by atoms with E-state index in [-0.39, 0.29) is 17.7 Å². The molecule has 2 aromatic rings. The third-order valence-corrected chi connectivity index (χ3v) is 5.10. The predicted molar refractivity (Wildman–Crippen MR) is 100 cm³/mol. The van der Waals surface area contributed by atoms with E-state index in [2.05, 4.69) is 10.2 Å². The lowest BCUT2D eigenvalue weighted by Gasteiger charge is -2.33. The fraction of sp³-hybridized carbons (Fsp3) is 0.316. The first-order chi connectivity index (χ1) is 13.1. The molecule has 142 valence electrons. The standard InChI is InChI=1S/C19H19ClFN3O3/c20-15-9-13(1-3-16(15)21)22-19(25)11-23-5-7-24(8-6-23)14-2-4-17-18(10-14)27-12-26-17/h1-4,9-10H,5-8,11-12H2,(H,22,25)/p+1. The number of anilines is 2. The van der Waals surface area contributed by atoms with Crippen LogP contribution in [0, 0.1) is 5.82 Å². The number of hydrogen-bond acceptors (Lipinski definition) is 4. The van der Waals surface area contributed by atoms with E-state index in [4.69, 9.17) is 21.1 Å². The molecule has 2 N–H and O–H groups in total. The Bertz CT molecular complexity index is 856. The Morgan fingerprint density at radius 1 is 1.15 bits per heavy atom. The second-order valence-electron chi connectivity index (χ2n) is 6.63. The zero-order valence-corrected chi connectivity index (χ0v) is 15.4. The lowest BCUT2D eigenvalue weighted by Crippen LogP contribution is -3.15. The van der Waals surface area contributed by atoms with Gasteiger partial charge in [-0.1, -0.05) is 11.6 Å². The van der Waals surface area contributed by atoms with Crippen molar-refractivity contribution in [3.8, 4) is 11.5 Å². The molecule has 0 radical (unpaired) electrons. The van der Waals surface area contributed by atoms with Gasteiger partial charge in [0.1, 0.15) is 5.82 Å². The van der Waals surface area contributed by atoms with Gasteiger partial charge < -0.3 is 24.6 Å². The minimum atomic E-state index is -0.500. The van der Waals surface area contributed by atoms with Crippen molar-refractivity contribution in [3.63, 3.8) is 0 Å². The number of nitrogens with zero attached hydrogens (tertiary/aromatic N) is 1. The molecule has 27 heavy (non-hydrogen) atoms. The number of ether oxygens (including phenoxy) is 2. The molecule has 6 nitrogen and oxygen atoms in total. The first kappa shape index (κ1) is 17.9. The second kappa shape index (κ2) is 7.62. The van der Waals surface area contributed by atoms with Crippen molar-refractivity contribution in [2.45, 2.75) is 0 Å². The van der Waals surface area contributed by atoms with Crippen molar-refractivity contribution in [1.82, 2.24) is 0 Å². The average molecular weight is 393 g/mol. The molecule has 1 amide bonds. The Kier molecular flexibility index (Phi) is 5.05. The Balaban J connectivity index is 1.29. The van der Waals surface area contributed by atoms with E-state index in [1.165, 1.54) is 23.1 Å². The van der Waals surface area contributed by atoms with Crippen molar-refractivity contribution < 1.29 is 23.6 Å². The second-order valence-corrected chi connectivity index (χ2v) is 7.04. The zero-order valence-electron chi connectivity index (χ0n) is 14.6. The summed E-state index contributed by atoms with van der Waals surface area (Å²) in [5, 5.41) is 2.77. The number of carbonyl (C=O) groups excluding carboxylic acids is 1. The van der Waals surface area contributed by atoms with E-state index in [1.807, 2.05) is 18.2 Å². The lowest BCUT2D eigenvalue weighted by molar-refractivity contribution is -0.892. The number of quaternary nitrogens is 1. The van der Waals surface area contributed by atoms with Crippen LogP contribution in [-0.2, 0) is 4.79 Å². The Hall–Kier alpha value is -2.51. The molecule has 2 heterocycles. The Labute approximate surface area is 161 Å². The number of nitrogens with one attached hydrogen (secondary N) is 2. The summed E-state index contributed by atoms with van der Waals surface area (Å²) in [7, 11) is 0.